The van der Waals surface area contributed by atoms with E-state index in [1.54, 1.807) is 24.3 Å². The maximum absolute atomic E-state index is 12.0. The molecular weight excluding hydrogens is 342 g/mol. The van der Waals surface area contributed by atoms with Crippen LogP contribution in [0.1, 0.15) is 29.7 Å². The number of fused-ring (bicyclic) bond motifs is 1. The molecule has 1 aromatic heterocycles. The first-order valence-electron chi connectivity index (χ1n) is 7.77. The van der Waals surface area contributed by atoms with E-state index < -0.39 is 0 Å². The average molecular weight is 358 g/mol. The van der Waals surface area contributed by atoms with Crippen LogP contribution in [0.25, 0.3) is 0 Å². The Morgan fingerprint density at radius 1 is 1.38 bits per heavy atom. The molecule has 0 fully saturated rings. The molecule has 6 heteroatoms. The average Bonchev–Trinajstić information content (AvgIpc) is 3.01. The molecule has 2 aromatic rings. The standard InChI is InChI=1S/C18H16ClN3OS/c19-14-4-2-5-15(10-14)21-17(23)7-8-24-18-13(11-20)9-12-3-1-6-16(12)22-18/h2,4-5,9-10H,1,3,6-8H2,(H,21,23). The first-order valence-corrected chi connectivity index (χ1v) is 9.13. The number of carbonyl (C=O) groups is 1. The number of aromatic nitrogens is 1. The van der Waals surface area contributed by atoms with E-state index in [1.807, 2.05) is 6.07 Å². The van der Waals surface area contributed by atoms with Crippen molar-refractivity contribution in [2.75, 3.05) is 11.1 Å². The van der Waals surface area contributed by atoms with Crippen molar-refractivity contribution in [2.45, 2.75) is 30.7 Å². The molecule has 1 aliphatic carbocycles. The minimum atomic E-state index is -0.0792. The summed E-state index contributed by atoms with van der Waals surface area (Å²) >= 11 is 7.36. The smallest absolute Gasteiger partial charge is 0.225 e. The molecule has 0 saturated heterocycles. The highest BCUT2D eigenvalue weighted by Crippen LogP contribution is 2.28. The summed E-state index contributed by atoms with van der Waals surface area (Å²) in [6.07, 6.45) is 3.43. The van der Waals surface area contributed by atoms with Crippen LogP contribution >= 0.6 is 23.4 Å². The fourth-order valence-electron chi connectivity index (χ4n) is 2.67. The first-order chi connectivity index (χ1) is 11.7. The van der Waals surface area contributed by atoms with Gasteiger partial charge in [0.15, 0.2) is 0 Å². The molecule has 0 radical (unpaired) electrons. The van der Waals surface area contributed by atoms with Gasteiger partial charge >= 0.3 is 0 Å². The summed E-state index contributed by atoms with van der Waals surface area (Å²) in [6.45, 7) is 0. The number of halogens is 1. The third kappa shape index (κ3) is 4.08. The molecule has 0 aliphatic heterocycles. The number of amides is 1. The Kier molecular flexibility index (Phi) is 5.39. The van der Waals surface area contributed by atoms with Crippen molar-refractivity contribution < 1.29 is 4.79 Å². The Morgan fingerprint density at radius 2 is 2.25 bits per heavy atom. The molecule has 4 nitrogen and oxygen atoms in total. The Balaban J connectivity index is 1.57. The van der Waals surface area contributed by atoms with Gasteiger partial charge in [0.1, 0.15) is 11.1 Å². The Hall–Kier alpha value is -2.03. The zero-order valence-corrected chi connectivity index (χ0v) is 14.6. The SMILES string of the molecule is N#Cc1cc2c(nc1SCCC(=O)Nc1cccc(Cl)c1)CCC2. The summed E-state index contributed by atoms with van der Waals surface area (Å²) in [5, 5.41) is 13.4. The Bertz CT molecular complexity index is 816. The van der Waals surface area contributed by atoms with Crippen LogP contribution in [-0.4, -0.2) is 16.6 Å². The lowest BCUT2D eigenvalue weighted by Crippen LogP contribution is -2.12. The predicted molar refractivity (Wildman–Crippen MR) is 96.4 cm³/mol. The van der Waals surface area contributed by atoms with Gasteiger partial charge in [-0.25, -0.2) is 4.98 Å². The van der Waals surface area contributed by atoms with E-state index in [2.05, 4.69) is 16.4 Å². The first kappa shape index (κ1) is 16.8. The number of aryl methyl sites for hydroxylation is 2. The van der Waals surface area contributed by atoms with Crippen LogP contribution in [0.3, 0.4) is 0 Å². The Labute approximate surface area is 150 Å². The van der Waals surface area contributed by atoms with Crippen molar-refractivity contribution in [3.05, 3.63) is 52.2 Å². The molecular formula is C18H16ClN3OS. The highest BCUT2D eigenvalue weighted by atomic mass is 35.5. The van der Waals surface area contributed by atoms with Gasteiger partial charge in [0, 0.05) is 28.6 Å². The lowest BCUT2D eigenvalue weighted by atomic mass is 10.2. The molecule has 3 rings (SSSR count). The minimum Gasteiger partial charge on any atom is -0.326 e. The summed E-state index contributed by atoms with van der Waals surface area (Å²) in [5.74, 6) is 0.497. The molecule has 122 valence electrons. The van der Waals surface area contributed by atoms with Gasteiger partial charge in [-0.3, -0.25) is 4.79 Å². The van der Waals surface area contributed by atoms with Crippen LogP contribution < -0.4 is 5.32 Å². The van der Waals surface area contributed by atoms with Crippen LogP contribution in [0.15, 0.2) is 35.4 Å². The molecule has 0 spiro atoms. The van der Waals surface area contributed by atoms with E-state index >= 15 is 0 Å². The van der Waals surface area contributed by atoms with Crippen molar-refractivity contribution in [1.82, 2.24) is 4.98 Å². The van der Waals surface area contributed by atoms with Crippen LogP contribution in [0.4, 0.5) is 5.69 Å². The Morgan fingerprint density at radius 3 is 3.04 bits per heavy atom. The van der Waals surface area contributed by atoms with Gasteiger partial charge < -0.3 is 5.32 Å². The van der Waals surface area contributed by atoms with E-state index in [-0.39, 0.29) is 5.91 Å². The van der Waals surface area contributed by atoms with Gasteiger partial charge in [-0.2, -0.15) is 5.26 Å². The highest BCUT2D eigenvalue weighted by molar-refractivity contribution is 7.99. The summed E-state index contributed by atoms with van der Waals surface area (Å²) in [4.78, 5) is 16.6. The molecule has 24 heavy (non-hydrogen) atoms. The second-order valence-corrected chi connectivity index (χ2v) is 7.09. The lowest BCUT2D eigenvalue weighted by molar-refractivity contribution is -0.115. The number of anilines is 1. The lowest BCUT2D eigenvalue weighted by Gasteiger charge is -2.07. The number of nitrogens with zero attached hydrogens (tertiary/aromatic N) is 2. The van der Waals surface area contributed by atoms with Crippen LogP contribution in [0.2, 0.25) is 5.02 Å². The van der Waals surface area contributed by atoms with E-state index in [9.17, 15) is 10.1 Å². The van der Waals surface area contributed by atoms with Gasteiger partial charge in [-0.15, -0.1) is 11.8 Å². The predicted octanol–water partition coefficient (Wildman–Crippen LogP) is 4.22. The highest BCUT2D eigenvalue weighted by Gasteiger charge is 2.16. The molecule has 0 bridgehead atoms. The second kappa shape index (κ2) is 7.69. The number of thioether (sulfide) groups is 1. The van der Waals surface area contributed by atoms with Gasteiger partial charge in [-0.1, -0.05) is 17.7 Å². The number of nitrogens with one attached hydrogen (secondary N) is 1. The monoisotopic (exact) mass is 357 g/mol. The number of carbonyl (C=O) groups excluding carboxylic acids is 1. The third-order valence-corrected chi connectivity index (χ3v) is 5.04. The van der Waals surface area contributed by atoms with Gasteiger partial charge in [0.05, 0.1) is 5.56 Å². The molecule has 1 amide bonds. The third-order valence-electron chi connectivity index (χ3n) is 3.81. The zero-order chi connectivity index (χ0) is 16.9. The van der Waals surface area contributed by atoms with Crippen molar-refractivity contribution in [1.29, 1.82) is 5.26 Å². The van der Waals surface area contributed by atoms with Crippen LogP contribution in [0.5, 0.6) is 0 Å². The zero-order valence-electron chi connectivity index (χ0n) is 13.0. The van der Waals surface area contributed by atoms with Crippen LogP contribution in [0, 0.1) is 11.3 Å². The van der Waals surface area contributed by atoms with Crippen molar-refractivity contribution >= 4 is 35.0 Å². The van der Waals surface area contributed by atoms with Gasteiger partial charge in [-0.05, 0) is 49.1 Å². The number of nitriles is 1. The van der Waals surface area contributed by atoms with E-state index in [4.69, 9.17) is 11.6 Å². The fraction of sp³-hybridized carbons (Fsp3) is 0.278. The van der Waals surface area contributed by atoms with Crippen molar-refractivity contribution in [3.8, 4) is 6.07 Å². The molecule has 0 unspecified atom stereocenters. The topological polar surface area (TPSA) is 65.8 Å². The molecule has 0 atom stereocenters. The molecule has 0 saturated carbocycles. The van der Waals surface area contributed by atoms with E-state index in [0.717, 1.165) is 30.0 Å². The fourth-order valence-corrected chi connectivity index (χ4v) is 3.78. The summed E-state index contributed by atoms with van der Waals surface area (Å²) < 4.78 is 0. The van der Waals surface area contributed by atoms with Crippen molar-refractivity contribution in [2.24, 2.45) is 0 Å². The molecule has 1 heterocycles. The maximum Gasteiger partial charge on any atom is 0.225 e. The van der Waals surface area contributed by atoms with Crippen molar-refractivity contribution in [3.63, 3.8) is 0 Å². The molecule has 1 aliphatic rings. The number of hydrogen-bond acceptors (Lipinski definition) is 4. The molecule has 1 aromatic carbocycles. The number of rotatable bonds is 5. The quantitative estimate of drug-likeness (QED) is 0.814. The minimum absolute atomic E-state index is 0.0792. The van der Waals surface area contributed by atoms with Gasteiger partial charge in [0.25, 0.3) is 0 Å². The summed E-state index contributed by atoms with van der Waals surface area (Å²) in [5.41, 5.74) is 3.58. The summed E-state index contributed by atoms with van der Waals surface area (Å²) in [6, 6.07) is 11.2. The number of pyridine rings is 1. The normalized spacial score (nSPS) is 12.5. The number of benzene rings is 1. The number of hydrogen-bond donors (Lipinski definition) is 1. The second-order valence-electron chi connectivity index (χ2n) is 5.57. The van der Waals surface area contributed by atoms with Gasteiger partial charge in [0.2, 0.25) is 5.91 Å². The maximum atomic E-state index is 12.0. The van der Waals surface area contributed by atoms with E-state index in [1.165, 1.54) is 17.3 Å². The van der Waals surface area contributed by atoms with Crippen LogP contribution in [-0.2, 0) is 17.6 Å². The largest absolute Gasteiger partial charge is 0.326 e. The molecule has 1 N–H and O–H groups in total. The summed E-state index contributed by atoms with van der Waals surface area (Å²) in [7, 11) is 0. The van der Waals surface area contributed by atoms with E-state index in [0.29, 0.717) is 28.4 Å².